The fourth-order valence-corrected chi connectivity index (χ4v) is 6.66. The summed E-state index contributed by atoms with van der Waals surface area (Å²) in [5.74, 6) is -3.49. The van der Waals surface area contributed by atoms with E-state index in [2.05, 4.69) is 38.1 Å². The van der Waals surface area contributed by atoms with Crippen LogP contribution >= 0.6 is 15.9 Å². The number of halogens is 1. The molecule has 2 unspecified atom stereocenters. The first-order valence-corrected chi connectivity index (χ1v) is 16.8. The maximum atomic E-state index is 14.3. The lowest BCUT2D eigenvalue weighted by Gasteiger charge is -2.31. The van der Waals surface area contributed by atoms with Crippen molar-refractivity contribution in [3.05, 3.63) is 76.4 Å². The molecule has 6 atom stereocenters. The zero-order valence-corrected chi connectivity index (χ0v) is 29.4. The highest BCUT2D eigenvalue weighted by molar-refractivity contribution is 9.10. The Bertz CT molecular complexity index is 1700. The van der Waals surface area contributed by atoms with E-state index in [0.29, 0.717) is 10.2 Å². The molecule has 0 saturated carbocycles. The van der Waals surface area contributed by atoms with Crippen LogP contribution in [0.3, 0.4) is 0 Å². The topological polar surface area (TPSA) is 158 Å². The van der Waals surface area contributed by atoms with Crippen LogP contribution in [0.1, 0.15) is 64.1 Å². The van der Waals surface area contributed by atoms with E-state index in [9.17, 15) is 29.1 Å². The van der Waals surface area contributed by atoms with Gasteiger partial charge in [0, 0.05) is 36.2 Å². The number of carbonyl (C=O) groups excluding carboxylic acids is 5. The summed E-state index contributed by atoms with van der Waals surface area (Å²) >= 11 is 3.58. The van der Waals surface area contributed by atoms with Gasteiger partial charge in [0.25, 0.3) is 0 Å². The largest absolute Gasteiger partial charge is 0.508 e. The van der Waals surface area contributed by atoms with Crippen LogP contribution in [0.15, 0.2) is 65.3 Å². The maximum Gasteiger partial charge on any atom is 0.308 e. The minimum absolute atomic E-state index is 0.00960. The van der Waals surface area contributed by atoms with Gasteiger partial charge in [-0.3, -0.25) is 24.0 Å². The van der Waals surface area contributed by atoms with E-state index < -0.39 is 59.8 Å². The van der Waals surface area contributed by atoms with Crippen molar-refractivity contribution in [2.45, 2.75) is 77.6 Å². The van der Waals surface area contributed by atoms with E-state index in [1.165, 1.54) is 24.1 Å². The van der Waals surface area contributed by atoms with Gasteiger partial charge in [0.1, 0.15) is 17.8 Å². The molecule has 4 N–H and O–H groups in total. The SMILES string of the molecule is C=C1C[C@H](C)C(=O)N[C@@H](C)C(=O)N(C)C(Cc2c(Br)[nH]c3ccccc23)C(=O)NC(c2ccc(O)cc2)CC(=O)O[C@@H](C)C[C@@H](C)C1=O. The molecular weight excluding hydrogens is 680 g/mol. The van der Waals surface area contributed by atoms with Crippen LogP contribution in [-0.4, -0.2) is 69.7 Å². The van der Waals surface area contributed by atoms with Crippen LogP contribution in [0.4, 0.5) is 0 Å². The molecule has 48 heavy (non-hydrogen) atoms. The van der Waals surface area contributed by atoms with Crippen LogP contribution < -0.4 is 10.6 Å². The Kier molecular flexibility index (Phi) is 11.9. The minimum Gasteiger partial charge on any atom is -0.508 e. The van der Waals surface area contributed by atoms with Crippen LogP contribution in [0.5, 0.6) is 5.75 Å². The predicted octanol–water partition coefficient (Wildman–Crippen LogP) is 4.88. The summed E-state index contributed by atoms with van der Waals surface area (Å²) in [6, 6.07) is 10.7. The zero-order chi connectivity index (χ0) is 35.3. The van der Waals surface area contributed by atoms with E-state index in [-0.39, 0.29) is 42.8 Å². The fraction of sp³-hybridized carbons (Fsp3) is 0.417. The number of aromatic amines is 1. The number of hydrogen-bond acceptors (Lipinski definition) is 7. The van der Waals surface area contributed by atoms with Gasteiger partial charge in [0.05, 0.1) is 23.2 Å². The third-order valence-corrected chi connectivity index (χ3v) is 9.48. The lowest BCUT2D eigenvalue weighted by atomic mass is 9.90. The summed E-state index contributed by atoms with van der Waals surface area (Å²) in [6.07, 6.45) is -0.452. The van der Waals surface area contributed by atoms with Crippen molar-refractivity contribution in [1.29, 1.82) is 0 Å². The van der Waals surface area contributed by atoms with Gasteiger partial charge in [0.2, 0.25) is 17.7 Å². The number of ether oxygens (including phenoxy) is 1. The highest BCUT2D eigenvalue weighted by Crippen LogP contribution is 2.29. The van der Waals surface area contributed by atoms with Crippen molar-refractivity contribution in [2.24, 2.45) is 11.8 Å². The Morgan fingerprint density at radius 3 is 2.27 bits per heavy atom. The Labute approximate surface area is 288 Å². The number of allylic oxidation sites excluding steroid dienone is 1. The molecule has 0 radical (unpaired) electrons. The first kappa shape index (κ1) is 36.4. The molecule has 1 fully saturated rings. The van der Waals surface area contributed by atoms with Gasteiger partial charge in [-0.05, 0) is 77.5 Å². The van der Waals surface area contributed by atoms with Crippen molar-refractivity contribution < 1.29 is 33.8 Å². The molecule has 256 valence electrons. The van der Waals surface area contributed by atoms with Gasteiger partial charge in [-0.1, -0.05) is 50.8 Å². The summed E-state index contributed by atoms with van der Waals surface area (Å²) in [6.45, 7) is 10.5. The van der Waals surface area contributed by atoms with Gasteiger partial charge in [-0.15, -0.1) is 0 Å². The molecule has 1 saturated heterocycles. The lowest BCUT2D eigenvalue weighted by Crippen LogP contribution is -2.55. The molecule has 2 aromatic carbocycles. The molecule has 2 heterocycles. The van der Waals surface area contributed by atoms with Gasteiger partial charge < -0.3 is 30.4 Å². The normalized spacial score (nSPS) is 25.9. The average molecular weight is 724 g/mol. The quantitative estimate of drug-likeness (QED) is 0.222. The fourth-order valence-electron chi connectivity index (χ4n) is 6.07. The number of likely N-dealkylation sites (N-methyl/N-ethyl adjacent to an activating group) is 1. The number of carbonyl (C=O) groups is 5. The van der Waals surface area contributed by atoms with Crippen molar-refractivity contribution in [2.75, 3.05) is 7.05 Å². The number of benzene rings is 2. The summed E-state index contributed by atoms with van der Waals surface area (Å²) in [7, 11) is 1.50. The number of phenolic OH excluding ortho intramolecular Hbond substituents is 1. The molecule has 11 nitrogen and oxygen atoms in total. The smallest absolute Gasteiger partial charge is 0.308 e. The number of Topliss-reactive ketones (excluding diaryl/α,β-unsaturated/α-hetero) is 1. The van der Waals surface area contributed by atoms with E-state index >= 15 is 0 Å². The molecule has 4 rings (SSSR count). The van der Waals surface area contributed by atoms with Crippen molar-refractivity contribution in [3.8, 4) is 5.75 Å². The molecule has 12 heteroatoms. The predicted molar refractivity (Wildman–Crippen MR) is 185 cm³/mol. The van der Waals surface area contributed by atoms with Crippen molar-refractivity contribution in [3.63, 3.8) is 0 Å². The third-order valence-electron chi connectivity index (χ3n) is 8.80. The van der Waals surface area contributed by atoms with Crippen LogP contribution in [0.2, 0.25) is 0 Å². The Morgan fingerprint density at radius 1 is 0.917 bits per heavy atom. The van der Waals surface area contributed by atoms with Crippen molar-refractivity contribution >= 4 is 56.3 Å². The summed E-state index contributed by atoms with van der Waals surface area (Å²) in [4.78, 5) is 72.2. The second-order valence-corrected chi connectivity index (χ2v) is 13.5. The number of hydrogen-bond donors (Lipinski definition) is 4. The van der Waals surface area contributed by atoms with Gasteiger partial charge in [-0.2, -0.15) is 0 Å². The molecule has 0 bridgehead atoms. The first-order valence-electron chi connectivity index (χ1n) is 16.0. The average Bonchev–Trinajstić information content (AvgIpc) is 3.35. The van der Waals surface area contributed by atoms with Crippen LogP contribution in [0, 0.1) is 11.8 Å². The number of esters is 1. The number of rotatable bonds is 3. The molecule has 1 aliphatic heterocycles. The van der Waals surface area contributed by atoms with Gasteiger partial charge in [0.15, 0.2) is 5.78 Å². The van der Waals surface area contributed by atoms with E-state index in [1.54, 1.807) is 39.8 Å². The first-order chi connectivity index (χ1) is 22.7. The number of nitrogens with one attached hydrogen (secondary N) is 3. The maximum absolute atomic E-state index is 14.3. The van der Waals surface area contributed by atoms with Gasteiger partial charge >= 0.3 is 5.97 Å². The summed E-state index contributed by atoms with van der Waals surface area (Å²) < 4.78 is 6.34. The Balaban J connectivity index is 1.74. The number of nitrogens with zero attached hydrogens (tertiary/aromatic N) is 1. The number of cyclic esters (lactones) is 1. The molecule has 3 aromatic rings. The lowest BCUT2D eigenvalue weighted by molar-refractivity contribution is -0.150. The highest BCUT2D eigenvalue weighted by Gasteiger charge is 2.35. The van der Waals surface area contributed by atoms with Crippen LogP contribution in [-0.2, 0) is 35.1 Å². The monoisotopic (exact) mass is 722 g/mol. The van der Waals surface area contributed by atoms with Crippen molar-refractivity contribution in [1.82, 2.24) is 20.5 Å². The molecular formula is C36H43BrN4O7. The minimum atomic E-state index is -1.07. The van der Waals surface area contributed by atoms with Crippen LogP contribution in [0.25, 0.3) is 10.9 Å². The number of aromatic nitrogens is 1. The number of aromatic hydroxyl groups is 1. The number of phenols is 1. The number of amides is 3. The standard InChI is InChI=1S/C36H43BrN4O7/c1-19-15-21(3)34(45)38-23(5)36(47)41(6)30(17-27-26-9-7-8-10-28(26)39-33(27)37)35(46)40-29(24-11-13-25(42)14-12-24)18-31(43)48-22(4)16-20(2)32(19)44/h7-14,20-23,29-30,39,42H,1,15-18H2,2-6H3,(H,38,45)(H,40,46)/t20-,21+,22+,23+,29?,30?/m1/s1. The summed E-state index contributed by atoms with van der Waals surface area (Å²) in [5.41, 5.74) is 2.41. The number of para-hydroxylation sites is 1. The third kappa shape index (κ3) is 8.71. The Hall–Kier alpha value is -4.45. The number of H-pyrrole nitrogens is 1. The second-order valence-electron chi connectivity index (χ2n) is 12.7. The van der Waals surface area contributed by atoms with Gasteiger partial charge in [-0.25, -0.2) is 0 Å². The van der Waals surface area contributed by atoms with E-state index in [4.69, 9.17) is 4.74 Å². The Morgan fingerprint density at radius 2 is 1.58 bits per heavy atom. The number of fused-ring (bicyclic) bond motifs is 1. The summed E-state index contributed by atoms with van der Waals surface area (Å²) in [5, 5.41) is 16.5. The zero-order valence-electron chi connectivity index (χ0n) is 27.8. The second kappa shape index (κ2) is 15.6. The molecule has 0 spiro atoms. The molecule has 1 aromatic heterocycles. The highest BCUT2D eigenvalue weighted by atomic mass is 79.9. The molecule has 3 amide bonds. The van der Waals surface area contributed by atoms with E-state index in [1.807, 2.05) is 24.3 Å². The van der Waals surface area contributed by atoms with E-state index in [0.717, 1.165) is 16.5 Å². The molecule has 1 aliphatic rings. The number of ketones is 1. The molecule has 0 aliphatic carbocycles.